The van der Waals surface area contributed by atoms with Gasteiger partial charge in [0.15, 0.2) is 0 Å². The Morgan fingerprint density at radius 1 is 1.50 bits per heavy atom. The van der Waals surface area contributed by atoms with Crippen LogP contribution in [0.25, 0.3) is 0 Å². The number of likely N-dealkylation sites (tertiary alicyclic amines) is 1. The fourth-order valence-electron chi connectivity index (χ4n) is 3.56. The predicted octanol–water partition coefficient (Wildman–Crippen LogP) is 2.65. The van der Waals surface area contributed by atoms with E-state index in [0.717, 1.165) is 37.3 Å². The zero-order valence-corrected chi connectivity index (χ0v) is 16.7. The predicted molar refractivity (Wildman–Crippen MR) is 106 cm³/mol. The van der Waals surface area contributed by atoms with Gasteiger partial charge in [0.2, 0.25) is 5.88 Å². The minimum Gasteiger partial charge on any atom is -0.481 e. The first-order chi connectivity index (χ1) is 13.7. The minimum atomic E-state index is -0.360. The number of nitrogens with zero attached hydrogens (tertiary/aromatic N) is 4. The van der Waals surface area contributed by atoms with Crippen molar-refractivity contribution in [2.45, 2.75) is 25.8 Å². The van der Waals surface area contributed by atoms with Crippen molar-refractivity contribution < 1.29 is 13.9 Å². The van der Waals surface area contributed by atoms with Crippen molar-refractivity contribution in [2.24, 2.45) is 4.99 Å². The van der Waals surface area contributed by atoms with E-state index in [-0.39, 0.29) is 11.9 Å². The Bertz CT molecular complexity index is 765. The summed E-state index contributed by atoms with van der Waals surface area (Å²) in [4.78, 5) is 10.7. The molecule has 152 valence electrons. The van der Waals surface area contributed by atoms with Crippen LogP contribution in [0, 0.1) is 5.82 Å². The van der Waals surface area contributed by atoms with E-state index in [1.54, 1.807) is 14.2 Å². The Morgan fingerprint density at radius 3 is 3.11 bits per heavy atom. The smallest absolute Gasteiger partial charge is 0.218 e. The molecule has 28 heavy (non-hydrogen) atoms. The van der Waals surface area contributed by atoms with Crippen LogP contribution in [0.3, 0.4) is 0 Å². The number of hydrogen-bond donors (Lipinski definition) is 1. The van der Waals surface area contributed by atoms with Gasteiger partial charge in [0.05, 0.1) is 26.0 Å². The van der Waals surface area contributed by atoms with Crippen molar-refractivity contribution in [1.82, 2.24) is 20.3 Å². The average Bonchev–Trinajstić information content (AvgIpc) is 3.36. The van der Waals surface area contributed by atoms with Crippen molar-refractivity contribution >= 4 is 5.84 Å². The van der Waals surface area contributed by atoms with Crippen LogP contribution in [0.15, 0.2) is 41.3 Å². The number of hydrazine groups is 1. The van der Waals surface area contributed by atoms with Crippen molar-refractivity contribution in [3.63, 3.8) is 0 Å². The van der Waals surface area contributed by atoms with E-state index in [0.29, 0.717) is 19.1 Å². The van der Waals surface area contributed by atoms with E-state index >= 15 is 0 Å². The Balaban J connectivity index is 1.74. The highest BCUT2D eigenvalue weighted by Crippen LogP contribution is 2.36. The summed E-state index contributed by atoms with van der Waals surface area (Å²) in [5.74, 6) is 0.936. The Hall–Kier alpha value is -2.45. The molecule has 0 amide bonds. The van der Waals surface area contributed by atoms with Gasteiger partial charge in [-0.1, -0.05) is 0 Å². The fourth-order valence-corrected chi connectivity index (χ4v) is 3.56. The zero-order valence-electron chi connectivity index (χ0n) is 16.7. The molecule has 1 aromatic rings. The number of nitrogens with one attached hydrogen (secondary N) is 1. The van der Waals surface area contributed by atoms with Crippen molar-refractivity contribution in [3.05, 3.63) is 47.7 Å². The van der Waals surface area contributed by atoms with Gasteiger partial charge >= 0.3 is 0 Å². The van der Waals surface area contributed by atoms with Crippen molar-refractivity contribution in [2.75, 3.05) is 40.5 Å². The van der Waals surface area contributed by atoms with Crippen LogP contribution in [0.5, 0.6) is 5.88 Å². The Morgan fingerprint density at radius 2 is 2.36 bits per heavy atom. The first-order valence-electron chi connectivity index (χ1n) is 9.56. The number of amidine groups is 1. The van der Waals surface area contributed by atoms with Gasteiger partial charge in [0.25, 0.3) is 0 Å². The second kappa shape index (κ2) is 9.66. The fraction of sp³-hybridized carbons (Fsp3) is 0.500. The Labute approximate surface area is 165 Å². The highest BCUT2D eigenvalue weighted by atomic mass is 19.1. The second-order valence-electron chi connectivity index (χ2n) is 6.67. The highest BCUT2D eigenvalue weighted by molar-refractivity contribution is 5.93. The van der Waals surface area contributed by atoms with Gasteiger partial charge in [-0.25, -0.2) is 14.8 Å². The number of methoxy groups -OCH3 is 1. The quantitative estimate of drug-likeness (QED) is 0.571. The molecule has 3 heterocycles. The molecule has 1 N–H and O–H groups in total. The van der Waals surface area contributed by atoms with Crippen LogP contribution in [0.4, 0.5) is 4.39 Å². The van der Waals surface area contributed by atoms with E-state index in [2.05, 4.69) is 20.3 Å². The van der Waals surface area contributed by atoms with E-state index in [4.69, 9.17) is 9.47 Å². The molecule has 0 aliphatic carbocycles. The molecule has 0 radical (unpaired) electrons. The summed E-state index contributed by atoms with van der Waals surface area (Å²) in [5, 5.41) is 1.91. The number of ether oxygens (including phenoxy) is 2. The molecule has 1 fully saturated rings. The third kappa shape index (κ3) is 4.69. The summed E-state index contributed by atoms with van der Waals surface area (Å²) in [5.41, 5.74) is 5.22. The van der Waals surface area contributed by atoms with Gasteiger partial charge < -0.3 is 14.4 Å². The largest absolute Gasteiger partial charge is 0.481 e. The highest BCUT2D eigenvalue weighted by Gasteiger charge is 2.30. The summed E-state index contributed by atoms with van der Waals surface area (Å²) >= 11 is 0. The maximum Gasteiger partial charge on any atom is 0.218 e. The summed E-state index contributed by atoms with van der Waals surface area (Å²) in [6, 6.07) is 1.49. The minimum absolute atomic E-state index is 0.0166. The first kappa shape index (κ1) is 20.3. The number of pyridine rings is 1. The molecule has 1 saturated heterocycles. The van der Waals surface area contributed by atoms with Crippen LogP contribution < -0.4 is 10.2 Å². The van der Waals surface area contributed by atoms with Crippen LogP contribution in [0.1, 0.15) is 31.4 Å². The number of aliphatic imine (C=N–C) groups is 1. The van der Waals surface area contributed by atoms with Crippen molar-refractivity contribution in [3.8, 4) is 5.88 Å². The molecule has 0 spiro atoms. The molecule has 2 aliphatic heterocycles. The molecular formula is C20H28FN5O2. The van der Waals surface area contributed by atoms with Gasteiger partial charge in [0.1, 0.15) is 11.7 Å². The molecule has 7 nitrogen and oxygen atoms in total. The zero-order chi connectivity index (χ0) is 19.9. The van der Waals surface area contributed by atoms with E-state index in [1.165, 1.54) is 17.8 Å². The average molecular weight is 389 g/mol. The molecule has 0 aromatic carbocycles. The summed E-state index contributed by atoms with van der Waals surface area (Å²) < 4.78 is 24.6. The second-order valence-corrected chi connectivity index (χ2v) is 6.67. The van der Waals surface area contributed by atoms with Gasteiger partial charge in [-0.05, 0) is 37.5 Å². The number of hydrogen-bond acceptors (Lipinski definition) is 6. The number of halogens is 1. The summed E-state index contributed by atoms with van der Waals surface area (Å²) in [6.07, 6.45) is 9.01. The van der Waals surface area contributed by atoms with Gasteiger partial charge in [-0.3, -0.25) is 10.0 Å². The summed E-state index contributed by atoms with van der Waals surface area (Å²) in [6.45, 7) is 4.93. The normalized spacial score (nSPS) is 20.4. The third-order valence-corrected chi connectivity index (χ3v) is 4.86. The molecule has 2 aliphatic rings. The van der Waals surface area contributed by atoms with Crippen molar-refractivity contribution in [1.29, 1.82) is 0 Å². The standard InChI is InChI=1S/C20H28FN5O2/c1-4-28-14-15-11-24-25(13-15)9-7-19(22-2)26-8-5-6-18(26)17-10-16(21)12-23-20(17)27-3/h7,9-10,12-13,18,24H,4-6,8,11,14H2,1-3H3/b9-7-,22-19?. The molecule has 0 bridgehead atoms. The SMILES string of the molecule is CCOCC1=CN(/C=C\C(=NC)N2CCCC2c2cc(F)cnc2OC)NC1. The first-order valence-corrected chi connectivity index (χ1v) is 9.56. The molecule has 3 rings (SSSR count). The van der Waals surface area contributed by atoms with Crippen LogP contribution in [-0.2, 0) is 4.74 Å². The number of aromatic nitrogens is 1. The Kier molecular flexibility index (Phi) is 7.00. The molecular weight excluding hydrogens is 361 g/mol. The van der Waals surface area contributed by atoms with Crippen LogP contribution >= 0.6 is 0 Å². The van der Waals surface area contributed by atoms with Gasteiger partial charge in [0, 0.05) is 44.7 Å². The maximum atomic E-state index is 13.8. The molecule has 8 heteroatoms. The lowest BCUT2D eigenvalue weighted by atomic mass is 10.1. The lowest BCUT2D eigenvalue weighted by molar-refractivity contribution is 0.170. The monoisotopic (exact) mass is 389 g/mol. The number of rotatable bonds is 7. The van der Waals surface area contributed by atoms with Gasteiger partial charge in [-0.2, -0.15) is 0 Å². The molecule has 1 aromatic heterocycles. The summed E-state index contributed by atoms with van der Waals surface area (Å²) in [7, 11) is 3.33. The lowest BCUT2D eigenvalue weighted by Gasteiger charge is -2.27. The van der Waals surface area contributed by atoms with E-state index in [9.17, 15) is 4.39 Å². The van der Waals surface area contributed by atoms with Crippen LogP contribution in [0.2, 0.25) is 0 Å². The van der Waals surface area contributed by atoms with E-state index < -0.39 is 0 Å². The molecule has 1 unspecified atom stereocenters. The van der Waals surface area contributed by atoms with E-state index in [1.807, 2.05) is 30.4 Å². The topological polar surface area (TPSA) is 62.2 Å². The molecule has 1 atom stereocenters. The maximum absolute atomic E-state index is 13.8. The van der Waals surface area contributed by atoms with Crippen LogP contribution in [-0.4, -0.2) is 61.2 Å². The third-order valence-electron chi connectivity index (χ3n) is 4.86. The van der Waals surface area contributed by atoms with Gasteiger partial charge in [-0.15, -0.1) is 0 Å². The molecule has 0 saturated carbocycles. The lowest BCUT2D eigenvalue weighted by Crippen LogP contribution is -2.31.